The fourth-order valence-electron chi connectivity index (χ4n) is 1.59. The van der Waals surface area contributed by atoms with Gasteiger partial charge in [0.15, 0.2) is 4.34 Å². The second-order valence-corrected chi connectivity index (χ2v) is 8.23. The average Bonchev–Trinajstić information content (AvgIpc) is 2.85. The topological polar surface area (TPSA) is 72.0 Å². The molecule has 0 amide bonds. The summed E-state index contributed by atoms with van der Waals surface area (Å²) in [5, 5.41) is 8.05. The second-order valence-electron chi connectivity index (χ2n) is 4.26. The van der Waals surface area contributed by atoms with Crippen LogP contribution in [0.2, 0.25) is 0 Å². The van der Waals surface area contributed by atoms with E-state index < -0.39 is 10.0 Å². The minimum Gasteiger partial charge on any atom is -0.257 e. The molecule has 1 aromatic carbocycles. The third kappa shape index (κ3) is 4.83. The highest BCUT2D eigenvalue weighted by Crippen LogP contribution is 2.26. The van der Waals surface area contributed by atoms with Crippen molar-refractivity contribution in [2.45, 2.75) is 17.0 Å². The number of nitrogens with zero attached hydrogens (tertiary/aromatic N) is 2. The molecule has 21 heavy (non-hydrogen) atoms. The summed E-state index contributed by atoms with van der Waals surface area (Å²) in [4.78, 5) is 0. The van der Waals surface area contributed by atoms with Crippen LogP contribution in [0, 0.1) is 6.92 Å². The van der Waals surface area contributed by atoms with Crippen LogP contribution in [-0.2, 0) is 15.8 Å². The lowest BCUT2D eigenvalue weighted by Gasteiger charge is -2.07. The third-order valence-electron chi connectivity index (χ3n) is 2.58. The highest BCUT2D eigenvalue weighted by Gasteiger charge is 2.16. The van der Waals surface area contributed by atoms with Gasteiger partial charge in [-0.15, -0.1) is 16.8 Å². The number of anilines is 1. The van der Waals surface area contributed by atoms with Crippen molar-refractivity contribution in [2.75, 3.05) is 10.5 Å². The van der Waals surface area contributed by atoms with E-state index in [2.05, 4.69) is 21.5 Å². The first kappa shape index (κ1) is 16.0. The van der Waals surface area contributed by atoms with Crippen LogP contribution in [0.5, 0.6) is 0 Å². The average molecular weight is 341 g/mol. The number of sulfonamides is 1. The van der Waals surface area contributed by atoms with Crippen molar-refractivity contribution in [1.29, 1.82) is 0 Å². The Labute approximate surface area is 132 Å². The summed E-state index contributed by atoms with van der Waals surface area (Å²) in [6, 6.07) is 7.40. The SMILES string of the molecule is C=CCSc1nnc(NS(=O)(=O)Cc2ccccc2C)s1. The molecule has 0 aliphatic rings. The molecule has 0 atom stereocenters. The van der Waals surface area contributed by atoms with Gasteiger partial charge in [0.1, 0.15) is 0 Å². The molecule has 1 heterocycles. The van der Waals surface area contributed by atoms with Gasteiger partial charge in [0.2, 0.25) is 15.2 Å². The van der Waals surface area contributed by atoms with Crippen molar-refractivity contribution in [3.8, 4) is 0 Å². The number of nitrogens with one attached hydrogen (secondary N) is 1. The van der Waals surface area contributed by atoms with Crippen LogP contribution in [0.15, 0.2) is 41.3 Å². The summed E-state index contributed by atoms with van der Waals surface area (Å²) in [5.74, 6) is 0.638. The highest BCUT2D eigenvalue weighted by atomic mass is 32.2. The monoisotopic (exact) mass is 341 g/mol. The van der Waals surface area contributed by atoms with Gasteiger partial charge in [0.25, 0.3) is 0 Å². The van der Waals surface area contributed by atoms with Crippen LogP contribution in [0.25, 0.3) is 0 Å². The molecule has 1 N–H and O–H groups in total. The molecule has 5 nitrogen and oxygen atoms in total. The van der Waals surface area contributed by atoms with E-state index in [0.717, 1.165) is 11.1 Å². The molecule has 2 aromatic rings. The van der Waals surface area contributed by atoms with Gasteiger partial charge in [-0.3, -0.25) is 4.72 Å². The fourth-order valence-corrected chi connectivity index (χ4v) is 4.61. The van der Waals surface area contributed by atoms with Gasteiger partial charge in [-0.25, -0.2) is 8.42 Å². The first-order chi connectivity index (χ1) is 10.00. The van der Waals surface area contributed by atoms with Crippen LogP contribution in [0.1, 0.15) is 11.1 Å². The zero-order chi connectivity index (χ0) is 15.3. The van der Waals surface area contributed by atoms with Crippen molar-refractivity contribution >= 4 is 38.3 Å². The molecule has 0 fully saturated rings. The van der Waals surface area contributed by atoms with Crippen molar-refractivity contribution in [3.63, 3.8) is 0 Å². The zero-order valence-corrected chi connectivity index (χ0v) is 13.9. The molecule has 0 unspecified atom stereocenters. The minimum atomic E-state index is -3.49. The van der Waals surface area contributed by atoms with Gasteiger partial charge in [-0.05, 0) is 18.1 Å². The van der Waals surface area contributed by atoms with Crippen LogP contribution >= 0.6 is 23.1 Å². The predicted octanol–water partition coefficient (Wildman–Crippen LogP) is 3.07. The molecule has 0 spiro atoms. The van der Waals surface area contributed by atoms with Gasteiger partial charge in [0.05, 0.1) is 5.75 Å². The van der Waals surface area contributed by atoms with Crippen LogP contribution in [0.3, 0.4) is 0 Å². The predicted molar refractivity (Wildman–Crippen MR) is 88.3 cm³/mol. The van der Waals surface area contributed by atoms with E-state index in [9.17, 15) is 8.42 Å². The zero-order valence-electron chi connectivity index (χ0n) is 11.4. The molecule has 0 saturated carbocycles. The molecule has 0 aliphatic carbocycles. The number of hydrogen-bond donors (Lipinski definition) is 1. The first-order valence-corrected chi connectivity index (χ1v) is 9.58. The lowest BCUT2D eigenvalue weighted by Crippen LogP contribution is -2.15. The maximum atomic E-state index is 12.1. The van der Waals surface area contributed by atoms with Gasteiger partial charge < -0.3 is 0 Å². The summed E-state index contributed by atoms with van der Waals surface area (Å²) < 4.78 is 27.5. The maximum Gasteiger partial charge on any atom is 0.238 e. The molecule has 1 aromatic heterocycles. The normalized spacial score (nSPS) is 11.3. The number of benzene rings is 1. The summed E-state index contributed by atoms with van der Waals surface area (Å²) in [7, 11) is -3.49. The fraction of sp³-hybridized carbons (Fsp3) is 0.231. The summed E-state index contributed by atoms with van der Waals surface area (Å²) in [5.41, 5.74) is 1.72. The van der Waals surface area contributed by atoms with E-state index in [1.807, 2.05) is 25.1 Å². The Kier molecular flexibility index (Phi) is 5.38. The minimum absolute atomic E-state index is 0.0750. The number of aromatic nitrogens is 2. The van der Waals surface area contributed by atoms with E-state index in [1.165, 1.54) is 23.1 Å². The number of hydrogen-bond acceptors (Lipinski definition) is 6. The molecule has 112 valence electrons. The summed E-state index contributed by atoms with van der Waals surface area (Å²) in [6.45, 7) is 5.51. The van der Waals surface area contributed by atoms with Crippen molar-refractivity contribution in [2.24, 2.45) is 0 Å². The van der Waals surface area contributed by atoms with Gasteiger partial charge >= 0.3 is 0 Å². The molecule has 0 saturated heterocycles. The Morgan fingerprint density at radius 3 is 2.86 bits per heavy atom. The van der Waals surface area contributed by atoms with Gasteiger partial charge in [-0.2, -0.15) is 0 Å². The van der Waals surface area contributed by atoms with Gasteiger partial charge in [0, 0.05) is 5.75 Å². The Balaban J connectivity index is 2.05. The van der Waals surface area contributed by atoms with Crippen LogP contribution in [0.4, 0.5) is 5.13 Å². The van der Waals surface area contributed by atoms with E-state index in [1.54, 1.807) is 12.1 Å². The summed E-state index contributed by atoms with van der Waals surface area (Å²) >= 11 is 2.68. The van der Waals surface area contributed by atoms with Gasteiger partial charge in [-0.1, -0.05) is 53.4 Å². The van der Waals surface area contributed by atoms with Crippen molar-refractivity contribution < 1.29 is 8.42 Å². The Morgan fingerprint density at radius 2 is 2.14 bits per heavy atom. The molecule has 2 rings (SSSR count). The largest absolute Gasteiger partial charge is 0.257 e. The third-order valence-corrected chi connectivity index (χ3v) is 5.87. The maximum absolute atomic E-state index is 12.1. The molecular weight excluding hydrogens is 326 g/mol. The van der Waals surface area contributed by atoms with E-state index >= 15 is 0 Å². The molecular formula is C13H15N3O2S3. The highest BCUT2D eigenvalue weighted by molar-refractivity contribution is 8.01. The summed E-state index contributed by atoms with van der Waals surface area (Å²) in [6.07, 6.45) is 1.76. The molecule has 0 radical (unpaired) electrons. The van der Waals surface area contributed by atoms with E-state index in [0.29, 0.717) is 10.1 Å². The Hall–Kier alpha value is -1.38. The lowest BCUT2D eigenvalue weighted by molar-refractivity contribution is 0.600. The Bertz CT molecular complexity index is 726. The molecule has 0 bridgehead atoms. The lowest BCUT2D eigenvalue weighted by atomic mass is 10.1. The number of thioether (sulfide) groups is 1. The van der Waals surface area contributed by atoms with Crippen molar-refractivity contribution in [3.05, 3.63) is 48.0 Å². The van der Waals surface area contributed by atoms with E-state index in [-0.39, 0.29) is 10.9 Å². The number of rotatable bonds is 7. The van der Waals surface area contributed by atoms with Crippen molar-refractivity contribution in [1.82, 2.24) is 10.2 Å². The van der Waals surface area contributed by atoms with E-state index in [4.69, 9.17) is 0 Å². The Morgan fingerprint density at radius 1 is 1.38 bits per heavy atom. The quantitative estimate of drug-likeness (QED) is 0.619. The first-order valence-electron chi connectivity index (χ1n) is 6.12. The standard InChI is InChI=1S/C13H15N3O2S3/c1-3-8-19-13-15-14-12(20-13)16-21(17,18)9-11-7-5-4-6-10(11)2/h3-7H,1,8-9H2,2H3,(H,14,16). The van der Waals surface area contributed by atoms with Crippen LogP contribution in [-0.4, -0.2) is 24.4 Å². The second kappa shape index (κ2) is 7.06. The molecule has 8 heteroatoms. The number of aryl methyl sites for hydroxylation is 1. The smallest absolute Gasteiger partial charge is 0.238 e. The van der Waals surface area contributed by atoms with Crippen LogP contribution < -0.4 is 4.72 Å². The molecule has 0 aliphatic heterocycles.